The van der Waals surface area contributed by atoms with E-state index < -0.39 is 11.2 Å². The van der Waals surface area contributed by atoms with Gasteiger partial charge < -0.3 is 9.84 Å². The van der Waals surface area contributed by atoms with Crippen LogP contribution < -0.4 is 0 Å². The zero-order chi connectivity index (χ0) is 14.7. The molecule has 0 amide bonds. The maximum absolute atomic E-state index is 12.2. The second kappa shape index (κ2) is 4.33. The van der Waals surface area contributed by atoms with Crippen LogP contribution in [0.1, 0.15) is 52.9 Å². The second-order valence-electron chi connectivity index (χ2n) is 7.69. The van der Waals surface area contributed by atoms with Crippen molar-refractivity contribution in [2.45, 2.75) is 64.1 Å². The minimum atomic E-state index is -0.832. The first kappa shape index (κ1) is 14.1. The highest BCUT2D eigenvalue weighted by Gasteiger charge is 2.68. The molecule has 3 nitrogen and oxygen atoms in total. The number of ether oxygens (including phenoxy) is 1. The second-order valence-corrected chi connectivity index (χ2v) is 7.69. The fraction of sp³-hybridized carbons (Fsp3) is 0.824. The summed E-state index contributed by atoms with van der Waals surface area (Å²) in [6.07, 6.45) is 5.03. The maximum Gasteiger partial charge on any atom is 0.333 e. The van der Waals surface area contributed by atoms with Crippen molar-refractivity contribution in [3.8, 4) is 0 Å². The Bertz CT molecular complexity index is 439. The molecular weight excluding hydrogens is 252 g/mol. The molecular formula is C17H26O3. The van der Waals surface area contributed by atoms with Gasteiger partial charge in [0, 0.05) is 11.5 Å². The van der Waals surface area contributed by atoms with Crippen LogP contribution >= 0.6 is 0 Å². The molecule has 0 aromatic heterocycles. The minimum Gasteiger partial charge on any atom is -0.452 e. The van der Waals surface area contributed by atoms with Crippen LogP contribution in [0.25, 0.3) is 0 Å². The number of rotatable bonds is 3. The average molecular weight is 278 g/mol. The molecule has 0 saturated heterocycles. The molecule has 4 bridgehead atoms. The number of carbonyl (C=O) groups is 1. The molecule has 4 aliphatic carbocycles. The Balaban J connectivity index is 2.01. The Kier molecular flexibility index (Phi) is 3.06. The van der Waals surface area contributed by atoms with Gasteiger partial charge in [-0.05, 0) is 56.8 Å². The molecule has 0 spiro atoms. The molecule has 20 heavy (non-hydrogen) atoms. The third-order valence-electron chi connectivity index (χ3n) is 5.96. The van der Waals surface area contributed by atoms with Crippen LogP contribution in [0.3, 0.4) is 0 Å². The van der Waals surface area contributed by atoms with Gasteiger partial charge in [0.25, 0.3) is 0 Å². The van der Waals surface area contributed by atoms with Crippen molar-refractivity contribution < 1.29 is 14.6 Å². The summed E-state index contributed by atoms with van der Waals surface area (Å²) in [7, 11) is 0. The molecule has 0 aromatic rings. The van der Waals surface area contributed by atoms with E-state index in [1.54, 1.807) is 6.92 Å². The van der Waals surface area contributed by atoms with E-state index in [9.17, 15) is 9.90 Å². The zero-order valence-electron chi connectivity index (χ0n) is 12.8. The molecule has 4 saturated carbocycles. The third kappa shape index (κ3) is 1.71. The van der Waals surface area contributed by atoms with Crippen LogP contribution in [-0.4, -0.2) is 22.3 Å². The predicted molar refractivity (Wildman–Crippen MR) is 77.0 cm³/mol. The Morgan fingerprint density at radius 2 is 1.80 bits per heavy atom. The number of hydrogen-bond donors (Lipinski definition) is 1. The van der Waals surface area contributed by atoms with Crippen LogP contribution in [0.4, 0.5) is 0 Å². The summed E-state index contributed by atoms with van der Waals surface area (Å²) < 4.78 is 5.95. The SMILES string of the molecule is C=C(C)C(=O)OC1(C(C)C)C2CC3CC(C2)CC1(O)C3. The molecule has 4 fully saturated rings. The van der Waals surface area contributed by atoms with Gasteiger partial charge >= 0.3 is 5.97 Å². The lowest BCUT2D eigenvalue weighted by molar-refractivity contribution is -0.289. The molecule has 4 rings (SSSR count). The maximum atomic E-state index is 12.2. The fourth-order valence-electron chi connectivity index (χ4n) is 5.53. The molecule has 1 N–H and O–H groups in total. The quantitative estimate of drug-likeness (QED) is 0.637. The molecule has 0 aliphatic heterocycles. The highest BCUT2D eigenvalue weighted by molar-refractivity contribution is 5.87. The van der Waals surface area contributed by atoms with Crippen LogP contribution in [0, 0.1) is 23.7 Å². The van der Waals surface area contributed by atoms with Crippen LogP contribution in [0.5, 0.6) is 0 Å². The van der Waals surface area contributed by atoms with Crippen LogP contribution in [0.15, 0.2) is 12.2 Å². The Labute approximate surface area is 121 Å². The Morgan fingerprint density at radius 1 is 1.25 bits per heavy atom. The van der Waals surface area contributed by atoms with Gasteiger partial charge in [-0.15, -0.1) is 0 Å². The average Bonchev–Trinajstić information content (AvgIpc) is 2.31. The highest BCUT2D eigenvalue weighted by Crippen LogP contribution is 2.63. The van der Waals surface area contributed by atoms with Crippen molar-refractivity contribution in [1.82, 2.24) is 0 Å². The molecule has 4 aliphatic rings. The number of aliphatic hydroxyl groups is 1. The monoisotopic (exact) mass is 278 g/mol. The normalized spacial score (nSPS) is 45.8. The summed E-state index contributed by atoms with van der Waals surface area (Å²) >= 11 is 0. The first-order valence-corrected chi connectivity index (χ1v) is 7.89. The minimum absolute atomic E-state index is 0.126. The van der Waals surface area contributed by atoms with E-state index in [1.807, 2.05) is 0 Å². The van der Waals surface area contributed by atoms with Gasteiger partial charge in [-0.2, -0.15) is 0 Å². The van der Waals surface area contributed by atoms with E-state index in [-0.39, 0.29) is 11.9 Å². The summed E-state index contributed by atoms with van der Waals surface area (Å²) in [5.41, 5.74) is -1.13. The number of esters is 1. The van der Waals surface area contributed by atoms with E-state index >= 15 is 0 Å². The first-order valence-electron chi connectivity index (χ1n) is 7.89. The van der Waals surface area contributed by atoms with Crippen molar-refractivity contribution in [3.05, 3.63) is 12.2 Å². The standard InChI is InChI=1S/C17H26O3/c1-10(2)15(18)20-17(11(3)4)14-6-12-5-13(7-14)9-16(17,19)8-12/h11-14,19H,1,5-9H2,2-4H3. The third-order valence-corrected chi connectivity index (χ3v) is 5.96. The predicted octanol–water partition coefficient (Wildman–Crippen LogP) is 3.07. The lowest BCUT2D eigenvalue weighted by Crippen LogP contribution is -2.72. The van der Waals surface area contributed by atoms with Gasteiger partial charge in [-0.3, -0.25) is 0 Å². The van der Waals surface area contributed by atoms with Gasteiger partial charge in [-0.25, -0.2) is 4.79 Å². The van der Waals surface area contributed by atoms with E-state index in [2.05, 4.69) is 20.4 Å². The summed E-state index contributed by atoms with van der Waals surface area (Å²) in [4.78, 5) is 12.2. The van der Waals surface area contributed by atoms with Gasteiger partial charge in [0.05, 0.1) is 0 Å². The van der Waals surface area contributed by atoms with Crippen molar-refractivity contribution in [1.29, 1.82) is 0 Å². The number of carbonyl (C=O) groups excluding carboxylic acids is 1. The molecule has 112 valence electrons. The van der Waals surface area contributed by atoms with Crippen molar-refractivity contribution in [2.75, 3.05) is 0 Å². The van der Waals surface area contributed by atoms with E-state index in [4.69, 9.17) is 4.74 Å². The van der Waals surface area contributed by atoms with Crippen LogP contribution in [0.2, 0.25) is 0 Å². The summed E-state index contributed by atoms with van der Waals surface area (Å²) in [5, 5.41) is 11.3. The van der Waals surface area contributed by atoms with E-state index in [0.717, 1.165) is 25.7 Å². The molecule has 3 heteroatoms. The van der Waals surface area contributed by atoms with Crippen molar-refractivity contribution in [2.24, 2.45) is 23.7 Å². The van der Waals surface area contributed by atoms with Crippen molar-refractivity contribution in [3.63, 3.8) is 0 Å². The molecule has 3 unspecified atom stereocenters. The van der Waals surface area contributed by atoms with Gasteiger partial charge in [0.1, 0.15) is 11.2 Å². The Hall–Kier alpha value is -0.830. The highest BCUT2D eigenvalue weighted by atomic mass is 16.6. The summed E-state index contributed by atoms with van der Waals surface area (Å²) in [6, 6.07) is 0. The summed E-state index contributed by atoms with van der Waals surface area (Å²) in [6.45, 7) is 9.52. The topological polar surface area (TPSA) is 46.5 Å². The summed E-state index contributed by atoms with van der Waals surface area (Å²) in [5.74, 6) is 1.32. The smallest absolute Gasteiger partial charge is 0.333 e. The van der Waals surface area contributed by atoms with Gasteiger partial charge in [0.2, 0.25) is 0 Å². The van der Waals surface area contributed by atoms with Crippen LogP contribution in [-0.2, 0) is 9.53 Å². The Morgan fingerprint density at radius 3 is 2.20 bits per heavy atom. The largest absolute Gasteiger partial charge is 0.452 e. The number of hydrogen-bond acceptors (Lipinski definition) is 3. The van der Waals surface area contributed by atoms with Gasteiger partial charge in [-0.1, -0.05) is 20.4 Å². The lowest BCUT2D eigenvalue weighted by atomic mass is 9.45. The molecule has 3 atom stereocenters. The van der Waals surface area contributed by atoms with Gasteiger partial charge in [0.15, 0.2) is 0 Å². The lowest BCUT2D eigenvalue weighted by Gasteiger charge is -2.65. The van der Waals surface area contributed by atoms with E-state index in [0.29, 0.717) is 23.3 Å². The first-order chi connectivity index (χ1) is 9.28. The molecule has 0 heterocycles. The molecule has 0 aromatic carbocycles. The zero-order valence-corrected chi connectivity index (χ0v) is 12.8. The fourth-order valence-corrected chi connectivity index (χ4v) is 5.53. The molecule has 0 radical (unpaired) electrons. The van der Waals surface area contributed by atoms with Crippen molar-refractivity contribution >= 4 is 5.97 Å². The van der Waals surface area contributed by atoms with E-state index in [1.165, 1.54) is 6.42 Å².